The van der Waals surface area contributed by atoms with Gasteiger partial charge in [0.1, 0.15) is 5.84 Å². The van der Waals surface area contributed by atoms with Crippen molar-refractivity contribution in [3.63, 3.8) is 0 Å². The summed E-state index contributed by atoms with van der Waals surface area (Å²) in [6.07, 6.45) is 0. The molecule has 0 spiro atoms. The lowest BCUT2D eigenvalue weighted by Gasteiger charge is -2.10. The third-order valence-corrected chi connectivity index (χ3v) is 3.19. The SMILES string of the molecule is O=P(Cl)(Cl)/N=C(\Nc1ccccc1)c1ccccc1. The third kappa shape index (κ3) is 4.71. The molecule has 19 heavy (non-hydrogen) atoms. The van der Waals surface area contributed by atoms with Gasteiger partial charge in [0.25, 0.3) is 0 Å². The highest BCUT2D eigenvalue weighted by atomic mass is 35.9. The van der Waals surface area contributed by atoms with Crippen LogP contribution in [0.2, 0.25) is 0 Å². The summed E-state index contributed by atoms with van der Waals surface area (Å²) in [6, 6.07) is 18.6. The highest BCUT2D eigenvalue weighted by Crippen LogP contribution is 2.58. The molecule has 0 aliphatic heterocycles. The van der Waals surface area contributed by atoms with E-state index in [2.05, 4.69) is 10.1 Å². The Hall–Kier alpha value is -1.28. The van der Waals surface area contributed by atoms with Crippen molar-refractivity contribution in [2.24, 2.45) is 4.76 Å². The molecule has 0 aromatic heterocycles. The van der Waals surface area contributed by atoms with E-state index in [1.807, 2.05) is 60.7 Å². The minimum atomic E-state index is -3.55. The molecule has 98 valence electrons. The monoisotopic (exact) mass is 312 g/mol. The van der Waals surface area contributed by atoms with Crippen LogP contribution in [0.4, 0.5) is 5.69 Å². The van der Waals surface area contributed by atoms with Crippen LogP contribution in [0.5, 0.6) is 0 Å². The Labute approximate surface area is 121 Å². The number of para-hydroxylation sites is 1. The summed E-state index contributed by atoms with van der Waals surface area (Å²) in [5.74, 6) is -3.18. The first-order valence-corrected chi connectivity index (χ1v) is 8.99. The number of nitrogens with zero attached hydrogens (tertiary/aromatic N) is 1. The standard InChI is InChI=1S/C13H11Cl2N2OP/c14-19(15,18)17-13(11-7-3-1-4-8-11)16-12-9-5-2-6-10-12/h1-10H,(H,16,17,18). The van der Waals surface area contributed by atoms with Crippen LogP contribution in [0.25, 0.3) is 0 Å². The van der Waals surface area contributed by atoms with Crippen LogP contribution in [0.3, 0.4) is 0 Å². The van der Waals surface area contributed by atoms with Crippen LogP contribution in [0.15, 0.2) is 65.4 Å². The molecule has 0 saturated carbocycles. The summed E-state index contributed by atoms with van der Waals surface area (Å²) in [7, 11) is 0. The average molecular weight is 313 g/mol. The smallest absolute Gasteiger partial charge is 0.340 e. The number of nitrogens with one attached hydrogen (secondary N) is 1. The predicted molar refractivity (Wildman–Crippen MR) is 82.4 cm³/mol. The second-order valence-corrected chi connectivity index (χ2v) is 8.08. The minimum Gasteiger partial charge on any atom is -0.340 e. The van der Waals surface area contributed by atoms with Crippen molar-refractivity contribution in [1.29, 1.82) is 0 Å². The van der Waals surface area contributed by atoms with E-state index in [9.17, 15) is 4.57 Å². The van der Waals surface area contributed by atoms with E-state index in [0.29, 0.717) is 5.84 Å². The van der Waals surface area contributed by atoms with Crippen LogP contribution in [0, 0.1) is 0 Å². The van der Waals surface area contributed by atoms with E-state index in [-0.39, 0.29) is 0 Å². The summed E-state index contributed by atoms with van der Waals surface area (Å²) in [6.45, 7) is 0. The number of amidine groups is 1. The van der Waals surface area contributed by atoms with E-state index in [0.717, 1.165) is 11.3 Å². The molecule has 0 heterocycles. The number of anilines is 1. The number of benzene rings is 2. The summed E-state index contributed by atoms with van der Waals surface area (Å²) in [5.41, 5.74) is 1.57. The molecule has 0 radical (unpaired) electrons. The maximum absolute atomic E-state index is 11.5. The average Bonchev–Trinajstić information content (AvgIpc) is 2.39. The van der Waals surface area contributed by atoms with E-state index >= 15 is 0 Å². The maximum atomic E-state index is 11.5. The zero-order valence-corrected chi connectivity index (χ0v) is 12.2. The number of hydrogen-bond acceptors (Lipinski definition) is 1. The van der Waals surface area contributed by atoms with Crippen molar-refractivity contribution >= 4 is 40.0 Å². The van der Waals surface area contributed by atoms with Gasteiger partial charge in [-0.25, -0.2) is 0 Å². The van der Waals surface area contributed by atoms with Crippen molar-refractivity contribution in [3.8, 4) is 0 Å². The molecule has 1 N–H and O–H groups in total. The van der Waals surface area contributed by atoms with Crippen molar-refractivity contribution in [3.05, 3.63) is 66.2 Å². The van der Waals surface area contributed by atoms with Gasteiger partial charge in [-0.15, -0.1) is 0 Å². The van der Waals surface area contributed by atoms with Crippen LogP contribution < -0.4 is 5.32 Å². The van der Waals surface area contributed by atoms with Crippen LogP contribution >= 0.6 is 28.5 Å². The number of hydrogen-bond donors (Lipinski definition) is 1. The largest absolute Gasteiger partial charge is 0.365 e. The summed E-state index contributed by atoms with van der Waals surface area (Å²) in [5, 5.41) is 3.06. The molecule has 0 atom stereocenters. The second-order valence-electron chi connectivity index (χ2n) is 3.74. The highest BCUT2D eigenvalue weighted by molar-refractivity contribution is 8.07. The Kier molecular flexibility index (Phi) is 4.65. The van der Waals surface area contributed by atoms with Crippen molar-refractivity contribution in [1.82, 2.24) is 0 Å². The quantitative estimate of drug-likeness (QED) is 0.485. The molecule has 0 saturated heterocycles. The first kappa shape index (κ1) is 14.1. The molecule has 0 unspecified atom stereocenters. The molecule has 2 aromatic carbocycles. The lowest BCUT2D eigenvalue weighted by atomic mass is 10.2. The maximum Gasteiger partial charge on any atom is 0.365 e. The minimum absolute atomic E-state index is 0.375. The first-order chi connectivity index (χ1) is 9.04. The third-order valence-electron chi connectivity index (χ3n) is 2.30. The summed E-state index contributed by atoms with van der Waals surface area (Å²) >= 11 is 11.1. The van der Waals surface area contributed by atoms with E-state index in [1.54, 1.807) is 0 Å². The molecular weight excluding hydrogens is 302 g/mol. The van der Waals surface area contributed by atoms with Gasteiger partial charge in [-0.1, -0.05) is 48.5 Å². The highest BCUT2D eigenvalue weighted by Gasteiger charge is 2.14. The van der Waals surface area contributed by atoms with Crippen LogP contribution in [0.1, 0.15) is 5.56 Å². The zero-order chi connectivity index (χ0) is 13.7. The Morgan fingerprint density at radius 2 is 1.47 bits per heavy atom. The zero-order valence-electron chi connectivity index (χ0n) is 9.83. The second kappa shape index (κ2) is 6.25. The fourth-order valence-electron chi connectivity index (χ4n) is 1.53. The lowest BCUT2D eigenvalue weighted by Crippen LogP contribution is -2.12. The summed E-state index contributed by atoms with van der Waals surface area (Å²) < 4.78 is 15.4. The molecule has 0 aliphatic rings. The molecular formula is C13H11Cl2N2OP. The number of rotatable bonds is 3. The van der Waals surface area contributed by atoms with E-state index < -0.39 is 6.00 Å². The summed E-state index contributed by atoms with van der Waals surface area (Å²) in [4.78, 5) is 0. The van der Waals surface area contributed by atoms with Gasteiger partial charge in [0.2, 0.25) is 0 Å². The fraction of sp³-hybridized carbons (Fsp3) is 0. The van der Waals surface area contributed by atoms with E-state index in [4.69, 9.17) is 22.5 Å². The molecule has 0 bridgehead atoms. The van der Waals surface area contributed by atoms with Crippen LogP contribution in [-0.2, 0) is 4.57 Å². The van der Waals surface area contributed by atoms with Crippen molar-refractivity contribution < 1.29 is 4.57 Å². The van der Waals surface area contributed by atoms with Gasteiger partial charge in [-0.3, -0.25) is 4.57 Å². The van der Waals surface area contributed by atoms with Gasteiger partial charge in [0, 0.05) is 11.3 Å². The Morgan fingerprint density at radius 3 is 2.00 bits per heavy atom. The molecule has 3 nitrogen and oxygen atoms in total. The van der Waals surface area contributed by atoms with Gasteiger partial charge < -0.3 is 5.32 Å². The molecule has 0 fully saturated rings. The van der Waals surface area contributed by atoms with E-state index in [1.165, 1.54) is 0 Å². The van der Waals surface area contributed by atoms with Gasteiger partial charge in [0.15, 0.2) is 0 Å². The Bertz CT molecular complexity index is 611. The topological polar surface area (TPSA) is 41.5 Å². The van der Waals surface area contributed by atoms with Crippen molar-refractivity contribution in [2.45, 2.75) is 0 Å². The van der Waals surface area contributed by atoms with Gasteiger partial charge >= 0.3 is 6.00 Å². The van der Waals surface area contributed by atoms with Gasteiger partial charge in [0.05, 0.1) is 0 Å². The first-order valence-electron chi connectivity index (χ1n) is 5.52. The molecule has 0 amide bonds. The molecule has 2 rings (SSSR count). The Balaban J connectivity index is 2.37. The molecule has 6 heteroatoms. The normalized spacial score (nSPS) is 12.2. The van der Waals surface area contributed by atoms with Gasteiger partial charge in [-0.2, -0.15) is 4.76 Å². The Morgan fingerprint density at radius 1 is 0.947 bits per heavy atom. The van der Waals surface area contributed by atoms with Crippen LogP contribution in [-0.4, -0.2) is 5.84 Å². The fourth-order valence-corrected chi connectivity index (χ4v) is 2.38. The number of halogens is 2. The lowest BCUT2D eigenvalue weighted by molar-refractivity contribution is 0.593. The molecule has 0 aliphatic carbocycles. The van der Waals surface area contributed by atoms with Gasteiger partial charge in [-0.05, 0) is 34.6 Å². The van der Waals surface area contributed by atoms with Crippen molar-refractivity contribution in [2.75, 3.05) is 5.32 Å². The predicted octanol–water partition coefficient (Wildman–Crippen LogP) is 5.13. The molecule has 2 aromatic rings.